The lowest BCUT2D eigenvalue weighted by atomic mass is 9.68. The molecule has 1 aliphatic heterocycles. The van der Waals surface area contributed by atoms with Crippen LogP contribution in [0.2, 0.25) is 0 Å². The Kier molecular flexibility index (Phi) is 4.15. The summed E-state index contributed by atoms with van der Waals surface area (Å²) in [7, 11) is 2.12. The fourth-order valence-corrected chi connectivity index (χ4v) is 2.52. The first kappa shape index (κ1) is 12.9. The number of rotatable bonds is 3. The van der Waals surface area contributed by atoms with E-state index in [2.05, 4.69) is 25.8 Å². The summed E-state index contributed by atoms with van der Waals surface area (Å²) >= 11 is 0. The van der Waals surface area contributed by atoms with Crippen molar-refractivity contribution in [3.63, 3.8) is 0 Å². The molecule has 2 atom stereocenters. The Hall–Kier alpha value is -0.120. The maximum absolute atomic E-state index is 10.8. The van der Waals surface area contributed by atoms with E-state index >= 15 is 0 Å². The van der Waals surface area contributed by atoms with Crippen LogP contribution in [0.3, 0.4) is 0 Å². The van der Waals surface area contributed by atoms with Gasteiger partial charge in [0.15, 0.2) is 0 Å². The quantitative estimate of drug-likeness (QED) is 0.742. The summed E-state index contributed by atoms with van der Waals surface area (Å²) in [4.78, 5) is 2.30. The van der Waals surface area contributed by atoms with Gasteiger partial charge in [0, 0.05) is 18.5 Å². The van der Waals surface area contributed by atoms with Crippen molar-refractivity contribution < 1.29 is 5.11 Å². The molecule has 0 aromatic heterocycles. The van der Waals surface area contributed by atoms with Gasteiger partial charge in [-0.05, 0) is 39.3 Å². The number of likely N-dealkylation sites (tertiary alicyclic amines) is 1. The number of hydrogen-bond acceptors (Lipinski definition) is 3. The highest BCUT2D eigenvalue weighted by Gasteiger charge is 2.44. The Bertz CT molecular complexity index is 204. The van der Waals surface area contributed by atoms with Gasteiger partial charge in [-0.1, -0.05) is 13.8 Å². The first-order valence-electron chi connectivity index (χ1n) is 6.08. The molecule has 3 heteroatoms. The summed E-state index contributed by atoms with van der Waals surface area (Å²) in [6.45, 7) is 6.89. The number of nitrogens with zero attached hydrogens (tertiary/aromatic N) is 1. The highest BCUT2D eigenvalue weighted by Crippen LogP contribution is 2.40. The zero-order valence-electron chi connectivity index (χ0n) is 10.4. The van der Waals surface area contributed by atoms with Crippen molar-refractivity contribution in [3.8, 4) is 0 Å². The molecule has 0 amide bonds. The molecule has 1 heterocycles. The van der Waals surface area contributed by atoms with Gasteiger partial charge >= 0.3 is 0 Å². The molecule has 0 aliphatic carbocycles. The molecule has 1 aliphatic rings. The molecule has 0 spiro atoms. The molecule has 3 nitrogen and oxygen atoms in total. The highest BCUT2D eigenvalue weighted by molar-refractivity contribution is 4.97. The SMILES string of the molecule is CCC(C)(CN)C1(O)CCCN(C)CC1. The summed E-state index contributed by atoms with van der Waals surface area (Å²) in [6.07, 6.45) is 3.76. The minimum atomic E-state index is -0.568. The lowest BCUT2D eigenvalue weighted by Gasteiger charge is -2.44. The second kappa shape index (κ2) is 4.81. The van der Waals surface area contributed by atoms with Crippen molar-refractivity contribution in [1.29, 1.82) is 0 Å². The number of nitrogens with two attached hydrogens (primary N) is 1. The van der Waals surface area contributed by atoms with Crippen LogP contribution in [0.25, 0.3) is 0 Å². The van der Waals surface area contributed by atoms with Gasteiger partial charge in [-0.15, -0.1) is 0 Å². The van der Waals surface area contributed by atoms with Crippen molar-refractivity contribution in [2.45, 2.75) is 45.1 Å². The van der Waals surface area contributed by atoms with Crippen molar-refractivity contribution in [2.24, 2.45) is 11.1 Å². The summed E-state index contributed by atoms with van der Waals surface area (Å²) in [5, 5.41) is 10.8. The van der Waals surface area contributed by atoms with Gasteiger partial charge in [-0.3, -0.25) is 0 Å². The van der Waals surface area contributed by atoms with Crippen LogP contribution in [0.5, 0.6) is 0 Å². The topological polar surface area (TPSA) is 49.5 Å². The molecule has 3 N–H and O–H groups in total. The van der Waals surface area contributed by atoms with Gasteiger partial charge in [0.05, 0.1) is 5.60 Å². The molecular formula is C12H26N2O. The molecule has 1 fully saturated rings. The minimum Gasteiger partial charge on any atom is -0.389 e. The Morgan fingerprint density at radius 3 is 2.60 bits per heavy atom. The maximum atomic E-state index is 10.8. The van der Waals surface area contributed by atoms with Crippen LogP contribution in [0.1, 0.15) is 39.5 Å². The Labute approximate surface area is 93.6 Å². The van der Waals surface area contributed by atoms with E-state index in [0.717, 1.165) is 38.8 Å². The minimum absolute atomic E-state index is 0.127. The van der Waals surface area contributed by atoms with Crippen LogP contribution in [0.4, 0.5) is 0 Å². The normalized spacial score (nSPS) is 33.4. The summed E-state index contributed by atoms with van der Waals surface area (Å²) in [5.74, 6) is 0. The summed E-state index contributed by atoms with van der Waals surface area (Å²) < 4.78 is 0. The van der Waals surface area contributed by atoms with Crippen molar-refractivity contribution in [1.82, 2.24) is 4.90 Å². The van der Waals surface area contributed by atoms with E-state index in [4.69, 9.17) is 5.73 Å². The predicted octanol–water partition coefficient (Wildman–Crippen LogP) is 1.21. The standard InChI is InChI=1S/C12H26N2O/c1-4-11(2,10-13)12(15)6-5-8-14(3)9-7-12/h15H,4-10,13H2,1-3H3. The third kappa shape index (κ3) is 2.52. The molecule has 0 aromatic carbocycles. The van der Waals surface area contributed by atoms with Gasteiger partial charge in [0.2, 0.25) is 0 Å². The first-order valence-corrected chi connectivity index (χ1v) is 6.08. The van der Waals surface area contributed by atoms with Crippen LogP contribution < -0.4 is 5.73 Å². The van der Waals surface area contributed by atoms with Gasteiger partial charge in [-0.25, -0.2) is 0 Å². The predicted molar refractivity (Wildman–Crippen MR) is 63.8 cm³/mol. The smallest absolute Gasteiger partial charge is 0.0725 e. The van der Waals surface area contributed by atoms with Gasteiger partial charge in [-0.2, -0.15) is 0 Å². The van der Waals surface area contributed by atoms with Crippen LogP contribution in [0, 0.1) is 5.41 Å². The zero-order chi connectivity index (χ0) is 11.5. The van der Waals surface area contributed by atoms with Gasteiger partial charge in [0.1, 0.15) is 0 Å². The Balaban J connectivity index is 2.79. The van der Waals surface area contributed by atoms with Crippen LogP contribution >= 0.6 is 0 Å². The first-order chi connectivity index (χ1) is 6.97. The second-order valence-electron chi connectivity index (χ2n) is 5.31. The average Bonchev–Trinajstić information content (AvgIpc) is 2.41. The number of hydrogen-bond donors (Lipinski definition) is 2. The van der Waals surface area contributed by atoms with Gasteiger partial charge < -0.3 is 15.7 Å². The molecule has 90 valence electrons. The van der Waals surface area contributed by atoms with Gasteiger partial charge in [0.25, 0.3) is 0 Å². The lowest BCUT2D eigenvalue weighted by Crippen LogP contribution is -2.51. The van der Waals surface area contributed by atoms with Crippen LogP contribution in [-0.4, -0.2) is 42.3 Å². The molecule has 1 saturated heterocycles. The third-order valence-electron chi connectivity index (χ3n) is 4.39. The maximum Gasteiger partial charge on any atom is 0.0725 e. The number of aliphatic hydroxyl groups is 1. The largest absolute Gasteiger partial charge is 0.389 e. The Morgan fingerprint density at radius 1 is 1.40 bits per heavy atom. The van der Waals surface area contributed by atoms with E-state index in [0.29, 0.717) is 6.54 Å². The van der Waals surface area contributed by atoms with Crippen LogP contribution in [0.15, 0.2) is 0 Å². The van der Waals surface area contributed by atoms with E-state index in [1.165, 1.54) is 0 Å². The van der Waals surface area contributed by atoms with Crippen LogP contribution in [-0.2, 0) is 0 Å². The molecule has 0 bridgehead atoms. The van der Waals surface area contributed by atoms with Crippen molar-refractivity contribution in [2.75, 3.05) is 26.7 Å². The van der Waals surface area contributed by atoms with Crippen molar-refractivity contribution in [3.05, 3.63) is 0 Å². The zero-order valence-corrected chi connectivity index (χ0v) is 10.4. The molecule has 0 radical (unpaired) electrons. The lowest BCUT2D eigenvalue weighted by molar-refractivity contribution is -0.0838. The molecule has 2 unspecified atom stereocenters. The Morgan fingerprint density at radius 2 is 2.07 bits per heavy atom. The monoisotopic (exact) mass is 214 g/mol. The van der Waals surface area contributed by atoms with E-state index in [9.17, 15) is 5.11 Å². The molecule has 0 aromatic rings. The molecule has 15 heavy (non-hydrogen) atoms. The van der Waals surface area contributed by atoms with E-state index in [1.54, 1.807) is 0 Å². The second-order valence-corrected chi connectivity index (χ2v) is 5.31. The summed E-state index contributed by atoms with van der Waals surface area (Å²) in [5.41, 5.74) is 5.15. The van der Waals surface area contributed by atoms with E-state index in [1.807, 2.05) is 0 Å². The molecular weight excluding hydrogens is 188 g/mol. The van der Waals surface area contributed by atoms with E-state index < -0.39 is 5.60 Å². The summed E-state index contributed by atoms with van der Waals surface area (Å²) in [6, 6.07) is 0. The highest BCUT2D eigenvalue weighted by atomic mass is 16.3. The molecule has 0 saturated carbocycles. The molecule has 1 rings (SSSR count). The fraction of sp³-hybridized carbons (Fsp3) is 1.00. The third-order valence-corrected chi connectivity index (χ3v) is 4.39. The average molecular weight is 214 g/mol. The van der Waals surface area contributed by atoms with Crippen molar-refractivity contribution >= 4 is 0 Å². The fourth-order valence-electron chi connectivity index (χ4n) is 2.52. The van der Waals surface area contributed by atoms with E-state index in [-0.39, 0.29) is 5.41 Å².